The van der Waals surface area contributed by atoms with Gasteiger partial charge in [0.1, 0.15) is 5.82 Å². The van der Waals surface area contributed by atoms with E-state index in [2.05, 4.69) is 47.6 Å². The molecule has 5 heterocycles. The number of amides is 1. The van der Waals surface area contributed by atoms with Gasteiger partial charge in [0.15, 0.2) is 0 Å². The van der Waals surface area contributed by atoms with Gasteiger partial charge in [-0.15, -0.1) is 0 Å². The van der Waals surface area contributed by atoms with Gasteiger partial charge in [-0.05, 0) is 48.9 Å². The molecule has 0 bridgehead atoms. The summed E-state index contributed by atoms with van der Waals surface area (Å²) in [5.41, 5.74) is 3.06. The molecule has 0 unspecified atom stereocenters. The summed E-state index contributed by atoms with van der Waals surface area (Å²) >= 11 is 0. The molecule has 2 saturated heterocycles. The highest BCUT2D eigenvalue weighted by molar-refractivity contribution is 5.94. The number of hydrogen-bond donors (Lipinski definition) is 1. The fraction of sp³-hybridized carbons (Fsp3) is 0.462. The van der Waals surface area contributed by atoms with Crippen LogP contribution < -0.4 is 10.2 Å². The van der Waals surface area contributed by atoms with Crippen molar-refractivity contribution in [3.05, 3.63) is 66.1 Å². The molecule has 0 atom stereocenters. The van der Waals surface area contributed by atoms with E-state index in [1.54, 1.807) is 0 Å². The Labute approximate surface area is 201 Å². The van der Waals surface area contributed by atoms with Gasteiger partial charge in [-0.25, -0.2) is 0 Å². The van der Waals surface area contributed by atoms with E-state index < -0.39 is 0 Å². The first kappa shape index (κ1) is 22.8. The highest BCUT2D eigenvalue weighted by Gasteiger charge is 2.20. The minimum absolute atomic E-state index is 0.00943. The molecule has 3 aromatic rings. The van der Waals surface area contributed by atoms with Crippen LogP contribution in [0, 0.1) is 0 Å². The summed E-state index contributed by atoms with van der Waals surface area (Å²) < 4.78 is 7.54. The molecule has 2 aliphatic rings. The largest absolute Gasteiger partial charge is 0.379 e. The van der Waals surface area contributed by atoms with Crippen LogP contribution in [-0.2, 0) is 11.3 Å². The molecule has 0 radical (unpaired) electrons. The summed E-state index contributed by atoms with van der Waals surface area (Å²) in [5, 5.41) is 3.09. The van der Waals surface area contributed by atoms with Crippen molar-refractivity contribution in [1.29, 1.82) is 0 Å². The lowest BCUT2D eigenvalue weighted by Gasteiger charge is -2.35. The number of anilines is 1. The fourth-order valence-corrected chi connectivity index (χ4v) is 4.80. The zero-order chi connectivity index (χ0) is 23.2. The Bertz CT molecular complexity index is 1070. The fourth-order valence-electron chi connectivity index (χ4n) is 4.80. The summed E-state index contributed by atoms with van der Waals surface area (Å²) in [4.78, 5) is 24.3. The predicted octanol–water partition coefficient (Wildman–Crippen LogP) is 2.11. The van der Waals surface area contributed by atoms with Crippen LogP contribution in [-0.4, -0.2) is 90.7 Å². The first-order valence-corrected chi connectivity index (χ1v) is 12.3. The second-order valence-corrected chi connectivity index (χ2v) is 9.09. The van der Waals surface area contributed by atoms with E-state index in [1.165, 1.54) is 5.56 Å². The topological polar surface area (TPSA) is 65.4 Å². The van der Waals surface area contributed by atoms with E-state index in [0.29, 0.717) is 12.1 Å². The molecule has 5 rings (SSSR count). The van der Waals surface area contributed by atoms with Gasteiger partial charge in [0.2, 0.25) is 0 Å². The maximum Gasteiger partial charge on any atom is 0.252 e. The van der Waals surface area contributed by atoms with Gasteiger partial charge in [-0.3, -0.25) is 19.6 Å². The number of hydrogen-bond acceptors (Lipinski definition) is 6. The molecule has 2 fully saturated rings. The molecule has 3 aromatic heterocycles. The van der Waals surface area contributed by atoms with Crippen molar-refractivity contribution < 1.29 is 9.53 Å². The Morgan fingerprint density at radius 2 is 1.79 bits per heavy atom. The zero-order valence-corrected chi connectivity index (χ0v) is 19.7. The SMILES string of the molecule is O=C(NCCCN1CCOCC1)c1ccc2ccc(N3CCN(Cc4cccnc4)CC3)n2c1. The molecule has 8 nitrogen and oxygen atoms in total. The predicted molar refractivity (Wildman–Crippen MR) is 133 cm³/mol. The van der Waals surface area contributed by atoms with Crippen LogP contribution in [0.3, 0.4) is 0 Å². The first-order chi connectivity index (χ1) is 16.8. The van der Waals surface area contributed by atoms with Crippen molar-refractivity contribution in [2.24, 2.45) is 0 Å². The average Bonchev–Trinajstić information content (AvgIpc) is 3.31. The molecule has 8 heteroatoms. The van der Waals surface area contributed by atoms with Crippen LogP contribution in [0.4, 0.5) is 5.82 Å². The maximum absolute atomic E-state index is 12.8. The Morgan fingerprint density at radius 1 is 0.971 bits per heavy atom. The number of ether oxygens (including phenoxy) is 1. The number of rotatable bonds is 8. The zero-order valence-electron chi connectivity index (χ0n) is 19.7. The maximum atomic E-state index is 12.8. The van der Waals surface area contributed by atoms with E-state index in [4.69, 9.17) is 4.74 Å². The number of nitrogens with one attached hydrogen (secondary N) is 1. The summed E-state index contributed by atoms with van der Waals surface area (Å²) in [6.45, 7) is 10.1. The van der Waals surface area contributed by atoms with E-state index in [1.807, 2.05) is 36.8 Å². The molecule has 0 saturated carbocycles. The molecule has 180 valence electrons. The van der Waals surface area contributed by atoms with Crippen molar-refractivity contribution in [3.63, 3.8) is 0 Å². The van der Waals surface area contributed by atoms with Crippen molar-refractivity contribution in [2.45, 2.75) is 13.0 Å². The molecule has 34 heavy (non-hydrogen) atoms. The lowest BCUT2D eigenvalue weighted by atomic mass is 10.2. The van der Waals surface area contributed by atoms with Crippen LogP contribution in [0.15, 0.2) is 55.0 Å². The number of fused-ring (bicyclic) bond motifs is 1. The van der Waals surface area contributed by atoms with Crippen molar-refractivity contribution >= 4 is 17.2 Å². The van der Waals surface area contributed by atoms with Crippen LogP contribution in [0.2, 0.25) is 0 Å². The molecule has 1 N–H and O–H groups in total. The first-order valence-electron chi connectivity index (χ1n) is 12.3. The molecular weight excluding hydrogens is 428 g/mol. The lowest BCUT2D eigenvalue weighted by Crippen LogP contribution is -2.46. The Morgan fingerprint density at radius 3 is 2.59 bits per heavy atom. The average molecular weight is 463 g/mol. The number of aromatic nitrogens is 2. The second kappa shape index (κ2) is 11.0. The van der Waals surface area contributed by atoms with Gasteiger partial charge >= 0.3 is 0 Å². The molecule has 0 aliphatic carbocycles. The highest BCUT2D eigenvalue weighted by Crippen LogP contribution is 2.22. The lowest BCUT2D eigenvalue weighted by molar-refractivity contribution is 0.0374. The Balaban J connectivity index is 1.16. The quantitative estimate of drug-likeness (QED) is 0.518. The van der Waals surface area contributed by atoms with Crippen LogP contribution >= 0.6 is 0 Å². The Kier molecular flexibility index (Phi) is 7.38. The standard InChI is InChI=1S/C26H34N6O2/c33-26(28-9-2-10-29-15-17-34-18-16-29)23-4-5-24-6-7-25(32(24)21-23)31-13-11-30(12-14-31)20-22-3-1-8-27-19-22/h1,3-8,19,21H,2,9-18,20H2,(H,28,33). The minimum atomic E-state index is -0.00943. The third-order valence-corrected chi connectivity index (χ3v) is 6.76. The normalized spacial score (nSPS) is 17.8. The molecular formula is C26H34N6O2. The third-order valence-electron chi connectivity index (χ3n) is 6.76. The highest BCUT2D eigenvalue weighted by atomic mass is 16.5. The van der Waals surface area contributed by atoms with Crippen molar-refractivity contribution in [3.8, 4) is 0 Å². The van der Waals surface area contributed by atoms with Gasteiger partial charge in [0.05, 0.1) is 18.8 Å². The van der Waals surface area contributed by atoms with Crippen molar-refractivity contribution in [2.75, 3.05) is 70.5 Å². The summed E-state index contributed by atoms with van der Waals surface area (Å²) in [6.07, 6.45) is 6.69. The van der Waals surface area contributed by atoms with Gasteiger partial charge in [0.25, 0.3) is 5.91 Å². The van der Waals surface area contributed by atoms with E-state index in [9.17, 15) is 4.79 Å². The molecule has 0 aromatic carbocycles. The monoisotopic (exact) mass is 462 g/mol. The number of carbonyl (C=O) groups excluding carboxylic acids is 1. The van der Waals surface area contributed by atoms with E-state index >= 15 is 0 Å². The van der Waals surface area contributed by atoms with Crippen LogP contribution in [0.25, 0.3) is 5.52 Å². The van der Waals surface area contributed by atoms with Gasteiger partial charge in [-0.2, -0.15) is 0 Å². The smallest absolute Gasteiger partial charge is 0.252 e. The van der Waals surface area contributed by atoms with Crippen molar-refractivity contribution in [1.82, 2.24) is 24.5 Å². The second-order valence-electron chi connectivity index (χ2n) is 9.09. The van der Waals surface area contributed by atoms with Gasteiger partial charge in [-0.1, -0.05) is 6.07 Å². The van der Waals surface area contributed by atoms with Crippen LogP contribution in [0.1, 0.15) is 22.3 Å². The number of pyridine rings is 2. The number of morpholine rings is 1. The summed E-state index contributed by atoms with van der Waals surface area (Å²) in [5.74, 6) is 1.14. The molecule has 0 spiro atoms. The number of piperazine rings is 1. The molecule has 1 amide bonds. The van der Waals surface area contributed by atoms with E-state index in [-0.39, 0.29) is 5.91 Å². The summed E-state index contributed by atoms with van der Waals surface area (Å²) in [6, 6.07) is 12.4. The summed E-state index contributed by atoms with van der Waals surface area (Å²) in [7, 11) is 0. The Hall–Kier alpha value is -2.94. The van der Waals surface area contributed by atoms with Gasteiger partial charge < -0.3 is 19.4 Å². The number of nitrogens with zero attached hydrogens (tertiary/aromatic N) is 5. The minimum Gasteiger partial charge on any atom is -0.379 e. The van der Waals surface area contributed by atoms with E-state index in [0.717, 1.165) is 83.3 Å². The van der Waals surface area contributed by atoms with Crippen LogP contribution in [0.5, 0.6) is 0 Å². The van der Waals surface area contributed by atoms with Gasteiger partial charge in [0, 0.05) is 76.5 Å². The molecule has 2 aliphatic heterocycles. The third kappa shape index (κ3) is 5.58. The number of carbonyl (C=O) groups is 1.